The lowest BCUT2D eigenvalue weighted by Gasteiger charge is -2.09. The Balaban J connectivity index is 0.00000320. The smallest absolute Gasteiger partial charge is 0.357 e. The van der Waals surface area contributed by atoms with Gasteiger partial charge in [0.1, 0.15) is 10.7 Å². The van der Waals surface area contributed by atoms with E-state index >= 15 is 0 Å². The summed E-state index contributed by atoms with van der Waals surface area (Å²) in [5.74, 6) is 1.30. The Labute approximate surface area is 191 Å². The fourth-order valence-electron chi connectivity index (χ4n) is 2.24. The third-order valence-corrected chi connectivity index (χ3v) is 4.39. The van der Waals surface area contributed by atoms with E-state index in [9.17, 15) is 13.2 Å². The molecule has 13 heteroatoms. The van der Waals surface area contributed by atoms with Crippen LogP contribution in [0.15, 0.2) is 39.3 Å². The molecule has 0 aliphatic heterocycles. The maximum Gasteiger partial charge on any atom is 0.434 e. The Morgan fingerprint density at radius 3 is 2.73 bits per heavy atom. The predicted molar refractivity (Wildman–Crippen MR) is 117 cm³/mol. The molecule has 30 heavy (non-hydrogen) atoms. The van der Waals surface area contributed by atoms with Crippen LogP contribution < -0.4 is 10.6 Å². The third-order valence-electron chi connectivity index (χ3n) is 3.55. The van der Waals surface area contributed by atoms with Crippen molar-refractivity contribution in [3.63, 3.8) is 0 Å². The second kappa shape index (κ2) is 11.2. The number of pyridine rings is 1. The summed E-state index contributed by atoms with van der Waals surface area (Å²) < 4.78 is 43.1. The highest BCUT2D eigenvalue weighted by Gasteiger charge is 2.33. The van der Waals surface area contributed by atoms with Crippen LogP contribution in [0, 0.1) is 0 Å². The van der Waals surface area contributed by atoms with Crippen LogP contribution in [0.1, 0.15) is 23.4 Å². The molecule has 3 aromatic heterocycles. The fraction of sp³-hybridized carbons (Fsp3) is 0.353. The summed E-state index contributed by atoms with van der Waals surface area (Å²) in [4.78, 5) is 16.3. The SMILES string of the molecule is CCNC(=NCc1nc(C(F)(F)F)cs1)NCCc1noc(-c2ccccn2)n1.I. The van der Waals surface area contributed by atoms with Gasteiger partial charge in [0.05, 0.1) is 6.54 Å². The monoisotopic (exact) mass is 553 g/mol. The molecule has 162 valence electrons. The second-order valence-electron chi connectivity index (χ2n) is 5.73. The summed E-state index contributed by atoms with van der Waals surface area (Å²) in [6.45, 7) is 2.99. The van der Waals surface area contributed by atoms with E-state index in [-0.39, 0.29) is 35.5 Å². The van der Waals surface area contributed by atoms with E-state index in [1.807, 2.05) is 13.0 Å². The van der Waals surface area contributed by atoms with E-state index in [1.165, 1.54) is 0 Å². The van der Waals surface area contributed by atoms with E-state index in [1.54, 1.807) is 18.3 Å². The molecular weight excluding hydrogens is 534 g/mol. The van der Waals surface area contributed by atoms with E-state index in [4.69, 9.17) is 4.52 Å². The van der Waals surface area contributed by atoms with Crippen molar-refractivity contribution in [2.75, 3.05) is 13.1 Å². The predicted octanol–water partition coefficient (Wildman–Crippen LogP) is 3.52. The van der Waals surface area contributed by atoms with Gasteiger partial charge in [0, 0.05) is 31.1 Å². The molecular formula is C17H19F3IN7OS. The molecule has 8 nitrogen and oxygen atoms in total. The van der Waals surface area contributed by atoms with Crippen LogP contribution >= 0.6 is 35.3 Å². The first kappa shape index (κ1) is 24.0. The van der Waals surface area contributed by atoms with Crippen LogP contribution in [-0.2, 0) is 19.1 Å². The van der Waals surface area contributed by atoms with Crippen LogP contribution in [0.5, 0.6) is 0 Å². The number of nitrogens with one attached hydrogen (secondary N) is 2. The number of aromatic nitrogens is 4. The summed E-state index contributed by atoms with van der Waals surface area (Å²) in [6.07, 6.45) is -2.34. The van der Waals surface area contributed by atoms with Gasteiger partial charge in [-0.25, -0.2) is 9.98 Å². The van der Waals surface area contributed by atoms with Crippen molar-refractivity contribution in [3.05, 3.63) is 46.3 Å². The molecule has 3 aromatic rings. The maximum atomic E-state index is 12.6. The Morgan fingerprint density at radius 1 is 1.23 bits per heavy atom. The minimum absolute atomic E-state index is 0. The van der Waals surface area contributed by atoms with Crippen LogP contribution in [0.2, 0.25) is 0 Å². The highest BCUT2D eigenvalue weighted by atomic mass is 127. The normalized spacial score (nSPS) is 11.8. The summed E-state index contributed by atoms with van der Waals surface area (Å²) in [5.41, 5.74) is -0.303. The van der Waals surface area contributed by atoms with Gasteiger partial charge in [-0.05, 0) is 19.1 Å². The molecule has 0 aliphatic carbocycles. The number of thiazole rings is 1. The summed E-state index contributed by atoms with van der Waals surface area (Å²) in [6, 6.07) is 5.39. The quantitative estimate of drug-likeness (QED) is 0.262. The number of hydrogen-bond donors (Lipinski definition) is 2. The largest absolute Gasteiger partial charge is 0.434 e. The molecule has 3 rings (SSSR count). The first-order chi connectivity index (χ1) is 14.0. The van der Waals surface area contributed by atoms with Gasteiger partial charge in [-0.1, -0.05) is 11.2 Å². The number of aliphatic imine (C=N–C) groups is 1. The van der Waals surface area contributed by atoms with Crippen LogP contribution in [-0.4, -0.2) is 39.2 Å². The van der Waals surface area contributed by atoms with Crippen molar-refractivity contribution in [2.24, 2.45) is 4.99 Å². The van der Waals surface area contributed by atoms with Gasteiger partial charge in [0.2, 0.25) is 0 Å². The molecule has 0 saturated carbocycles. The van der Waals surface area contributed by atoms with Crippen LogP contribution in [0.4, 0.5) is 13.2 Å². The Morgan fingerprint density at radius 2 is 2.07 bits per heavy atom. The van der Waals surface area contributed by atoms with Crippen molar-refractivity contribution >= 4 is 41.3 Å². The molecule has 2 N–H and O–H groups in total. The molecule has 0 aliphatic rings. The maximum absolute atomic E-state index is 12.6. The van der Waals surface area contributed by atoms with Gasteiger partial charge in [0.25, 0.3) is 5.89 Å². The zero-order valence-electron chi connectivity index (χ0n) is 15.8. The van der Waals surface area contributed by atoms with Crippen LogP contribution in [0.25, 0.3) is 11.6 Å². The molecule has 0 bridgehead atoms. The summed E-state index contributed by atoms with van der Waals surface area (Å²) >= 11 is 0.926. The lowest BCUT2D eigenvalue weighted by molar-refractivity contribution is -0.140. The topological polar surface area (TPSA) is 101 Å². The second-order valence-corrected chi connectivity index (χ2v) is 6.67. The number of nitrogens with zero attached hydrogens (tertiary/aromatic N) is 5. The molecule has 0 amide bonds. The number of rotatable bonds is 7. The zero-order valence-corrected chi connectivity index (χ0v) is 19.0. The first-order valence-electron chi connectivity index (χ1n) is 8.73. The molecule has 0 spiro atoms. The van der Waals surface area contributed by atoms with Crippen molar-refractivity contribution in [1.29, 1.82) is 0 Å². The Bertz CT molecular complexity index is 946. The van der Waals surface area contributed by atoms with Gasteiger partial charge >= 0.3 is 6.18 Å². The Kier molecular flexibility index (Phi) is 8.95. The number of halogens is 4. The van der Waals surface area contributed by atoms with E-state index in [0.29, 0.717) is 42.9 Å². The number of hydrogen-bond acceptors (Lipinski definition) is 7. The summed E-state index contributed by atoms with van der Waals surface area (Å²) in [7, 11) is 0. The van der Waals surface area contributed by atoms with E-state index in [2.05, 4.69) is 35.7 Å². The van der Waals surface area contributed by atoms with Crippen molar-refractivity contribution < 1.29 is 17.7 Å². The molecule has 0 unspecified atom stereocenters. The highest BCUT2D eigenvalue weighted by molar-refractivity contribution is 14.0. The fourth-order valence-corrected chi connectivity index (χ4v) is 2.97. The van der Waals surface area contributed by atoms with Gasteiger partial charge in [-0.15, -0.1) is 35.3 Å². The summed E-state index contributed by atoms with van der Waals surface area (Å²) in [5, 5.41) is 11.3. The van der Waals surface area contributed by atoms with E-state index in [0.717, 1.165) is 16.7 Å². The molecule has 0 saturated heterocycles. The number of alkyl halides is 3. The van der Waals surface area contributed by atoms with Gasteiger partial charge < -0.3 is 15.2 Å². The first-order valence-corrected chi connectivity index (χ1v) is 9.61. The molecule has 0 fully saturated rings. The van der Waals surface area contributed by atoms with Crippen molar-refractivity contribution in [2.45, 2.75) is 26.1 Å². The Hall–Kier alpha value is -2.29. The van der Waals surface area contributed by atoms with Crippen molar-refractivity contribution in [1.82, 2.24) is 30.7 Å². The molecule has 0 radical (unpaired) electrons. The third kappa shape index (κ3) is 6.90. The molecule has 3 heterocycles. The molecule has 0 atom stereocenters. The van der Waals surface area contributed by atoms with Gasteiger partial charge in [-0.3, -0.25) is 4.98 Å². The van der Waals surface area contributed by atoms with Gasteiger partial charge in [0.15, 0.2) is 17.5 Å². The van der Waals surface area contributed by atoms with E-state index < -0.39 is 11.9 Å². The average molecular weight is 553 g/mol. The van der Waals surface area contributed by atoms with Crippen molar-refractivity contribution in [3.8, 4) is 11.6 Å². The van der Waals surface area contributed by atoms with Gasteiger partial charge in [-0.2, -0.15) is 18.2 Å². The average Bonchev–Trinajstić information content (AvgIpc) is 3.36. The minimum Gasteiger partial charge on any atom is -0.357 e. The standard InChI is InChI=1S/C17H18F3N7OS.HI/c1-2-21-16(24-9-14-25-12(10-29-14)17(18,19)20)23-8-6-13-26-15(28-27-13)11-5-3-4-7-22-11;/h3-5,7,10H,2,6,8-9H2,1H3,(H2,21,23,24);1H. The zero-order chi connectivity index (χ0) is 20.7. The minimum atomic E-state index is -4.44. The molecule has 0 aromatic carbocycles. The lowest BCUT2D eigenvalue weighted by Crippen LogP contribution is -2.38. The van der Waals surface area contributed by atoms with Crippen LogP contribution in [0.3, 0.4) is 0 Å². The highest BCUT2D eigenvalue weighted by Crippen LogP contribution is 2.30. The lowest BCUT2D eigenvalue weighted by atomic mass is 10.3. The number of guanidine groups is 1.